The zero-order valence-corrected chi connectivity index (χ0v) is 21.2. The highest BCUT2D eigenvalue weighted by molar-refractivity contribution is 7.89. The monoisotopic (exact) mass is 534 g/mol. The van der Waals surface area contributed by atoms with Crippen LogP contribution >= 0.6 is 22.9 Å². The Morgan fingerprint density at radius 2 is 1.91 bits per heavy atom. The molecular weight excluding hydrogens is 511 g/mol. The quantitative estimate of drug-likeness (QED) is 0.365. The first-order valence-corrected chi connectivity index (χ1v) is 13.6. The van der Waals surface area contributed by atoms with Gasteiger partial charge in [-0.2, -0.15) is 4.31 Å². The number of rotatable bonds is 9. The predicted octanol–water partition coefficient (Wildman–Crippen LogP) is 4.92. The van der Waals surface area contributed by atoms with Gasteiger partial charge in [-0.25, -0.2) is 12.8 Å². The summed E-state index contributed by atoms with van der Waals surface area (Å²) in [5.41, 5.74) is 0.979. The number of sulfonamides is 1. The molecule has 3 aromatic rings. The first-order chi connectivity index (χ1) is 16.8. The van der Waals surface area contributed by atoms with Gasteiger partial charge in [0.2, 0.25) is 15.9 Å². The van der Waals surface area contributed by atoms with Crippen molar-refractivity contribution in [1.82, 2.24) is 9.21 Å². The van der Waals surface area contributed by atoms with E-state index in [0.29, 0.717) is 23.7 Å². The van der Waals surface area contributed by atoms with Gasteiger partial charge in [0.15, 0.2) is 0 Å². The number of thiophene rings is 1. The topological polar surface area (TPSA) is 66.9 Å². The second-order valence-corrected chi connectivity index (χ2v) is 11.3. The zero-order chi connectivity index (χ0) is 25.0. The molecule has 2 aromatic carbocycles. The summed E-state index contributed by atoms with van der Waals surface area (Å²) in [6.45, 7) is 3.88. The molecule has 184 valence electrons. The molecule has 35 heavy (non-hydrogen) atoms. The van der Waals surface area contributed by atoms with Crippen LogP contribution in [0.1, 0.15) is 16.5 Å². The third-order valence-corrected chi connectivity index (χ3v) is 8.81. The fourth-order valence-electron chi connectivity index (χ4n) is 3.97. The van der Waals surface area contributed by atoms with Crippen LogP contribution < -0.4 is 4.74 Å². The molecule has 0 fully saturated rings. The van der Waals surface area contributed by atoms with Gasteiger partial charge in [0.05, 0.1) is 17.5 Å². The standard InChI is InChI=1S/C25H24ClFN2O4S2/c1-2-13-28(35(31,32)21-9-3-18(26)4-10-21)16-25(30)29-14-11-24-22(12-15-34-24)23(29)17-33-20-7-5-19(27)6-8-20/h2-10,12,15,23H,1,11,13-14,16-17H2. The summed E-state index contributed by atoms with van der Waals surface area (Å²) in [7, 11) is -3.95. The highest BCUT2D eigenvalue weighted by Crippen LogP contribution is 2.34. The van der Waals surface area contributed by atoms with E-state index in [1.54, 1.807) is 16.2 Å². The van der Waals surface area contributed by atoms with Crippen molar-refractivity contribution in [3.63, 3.8) is 0 Å². The van der Waals surface area contributed by atoms with Gasteiger partial charge in [-0.1, -0.05) is 17.7 Å². The number of fused-ring (bicyclic) bond motifs is 1. The normalized spacial score (nSPS) is 15.6. The Labute approximate surface area is 213 Å². The number of amides is 1. The Morgan fingerprint density at radius 1 is 1.20 bits per heavy atom. The minimum absolute atomic E-state index is 0.0228. The van der Waals surface area contributed by atoms with Crippen molar-refractivity contribution in [3.8, 4) is 5.75 Å². The molecule has 0 bridgehead atoms. The summed E-state index contributed by atoms with van der Waals surface area (Å²) < 4.78 is 46.7. The molecule has 4 rings (SSSR count). The highest BCUT2D eigenvalue weighted by atomic mass is 35.5. The van der Waals surface area contributed by atoms with E-state index in [1.165, 1.54) is 59.5 Å². The Bertz CT molecular complexity index is 1290. The largest absolute Gasteiger partial charge is 0.491 e. The van der Waals surface area contributed by atoms with Crippen molar-refractivity contribution in [2.45, 2.75) is 17.4 Å². The SMILES string of the molecule is C=CCN(CC(=O)N1CCc2sccc2C1COc1ccc(F)cc1)S(=O)(=O)c1ccc(Cl)cc1. The Hall–Kier alpha value is -2.72. The number of hydrogen-bond acceptors (Lipinski definition) is 5. The van der Waals surface area contributed by atoms with Crippen LogP contribution in [0.3, 0.4) is 0 Å². The van der Waals surface area contributed by atoms with E-state index in [9.17, 15) is 17.6 Å². The van der Waals surface area contributed by atoms with E-state index >= 15 is 0 Å². The number of carbonyl (C=O) groups is 1. The molecular formula is C25H24ClFN2O4S2. The fourth-order valence-corrected chi connectivity index (χ4v) is 6.38. The molecule has 0 N–H and O–H groups in total. The Morgan fingerprint density at radius 3 is 2.60 bits per heavy atom. The second kappa shape index (κ2) is 10.9. The first kappa shape index (κ1) is 25.4. The molecule has 0 radical (unpaired) electrons. The van der Waals surface area contributed by atoms with Gasteiger partial charge in [-0.15, -0.1) is 17.9 Å². The minimum Gasteiger partial charge on any atom is -0.491 e. The Kier molecular flexibility index (Phi) is 7.91. The zero-order valence-electron chi connectivity index (χ0n) is 18.8. The molecule has 1 unspecified atom stereocenters. The van der Waals surface area contributed by atoms with Crippen LogP contribution in [0, 0.1) is 5.82 Å². The lowest BCUT2D eigenvalue weighted by atomic mass is 10.0. The van der Waals surface area contributed by atoms with E-state index in [-0.39, 0.29) is 36.3 Å². The van der Waals surface area contributed by atoms with Crippen molar-refractivity contribution in [3.05, 3.63) is 93.9 Å². The van der Waals surface area contributed by atoms with Gasteiger partial charge in [-0.3, -0.25) is 4.79 Å². The van der Waals surface area contributed by atoms with E-state index in [4.69, 9.17) is 16.3 Å². The van der Waals surface area contributed by atoms with Crippen LogP contribution in [-0.2, 0) is 21.2 Å². The molecule has 1 atom stereocenters. The molecule has 0 saturated heterocycles. The first-order valence-electron chi connectivity index (χ1n) is 10.9. The maximum Gasteiger partial charge on any atom is 0.243 e. The average molecular weight is 535 g/mol. The minimum atomic E-state index is -3.95. The lowest BCUT2D eigenvalue weighted by Crippen LogP contribution is -2.47. The average Bonchev–Trinajstić information content (AvgIpc) is 3.32. The van der Waals surface area contributed by atoms with Gasteiger partial charge >= 0.3 is 0 Å². The second-order valence-electron chi connectivity index (χ2n) is 7.96. The fraction of sp³-hybridized carbons (Fsp3) is 0.240. The van der Waals surface area contributed by atoms with Gasteiger partial charge in [-0.05, 0) is 72.0 Å². The van der Waals surface area contributed by atoms with Crippen LogP contribution in [0.25, 0.3) is 0 Å². The summed E-state index contributed by atoms with van der Waals surface area (Å²) in [5, 5.41) is 2.39. The van der Waals surface area contributed by atoms with E-state index in [0.717, 1.165) is 9.87 Å². The molecule has 1 aromatic heterocycles. The smallest absolute Gasteiger partial charge is 0.243 e. The van der Waals surface area contributed by atoms with Crippen LogP contribution in [-0.4, -0.2) is 49.8 Å². The summed E-state index contributed by atoms with van der Waals surface area (Å²) in [6, 6.07) is 13.1. The van der Waals surface area contributed by atoms with Crippen LogP contribution in [0.5, 0.6) is 5.75 Å². The van der Waals surface area contributed by atoms with Crippen LogP contribution in [0.2, 0.25) is 5.02 Å². The summed E-state index contributed by atoms with van der Waals surface area (Å²) in [4.78, 5) is 16.3. The molecule has 0 aliphatic carbocycles. The van der Waals surface area contributed by atoms with Gasteiger partial charge in [0.1, 0.15) is 18.2 Å². The number of halogens is 2. The van der Waals surface area contributed by atoms with Crippen molar-refractivity contribution >= 4 is 38.9 Å². The molecule has 0 saturated carbocycles. The maximum atomic E-state index is 13.5. The van der Waals surface area contributed by atoms with Crippen molar-refractivity contribution in [2.24, 2.45) is 0 Å². The maximum absolute atomic E-state index is 13.5. The lowest BCUT2D eigenvalue weighted by Gasteiger charge is -2.36. The molecule has 6 nitrogen and oxygen atoms in total. The molecule has 1 aliphatic heterocycles. The number of ether oxygens (including phenoxy) is 1. The summed E-state index contributed by atoms with van der Waals surface area (Å²) >= 11 is 7.52. The third kappa shape index (κ3) is 5.75. The molecule has 2 heterocycles. The number of nitrogens with zero attached hydrogens (tertiary/aromatic N) is 2. The van der Waals surface area contributed by atoms with Crippen molar-refractivity contribution in [2.75, 3.05) is 26.2 Å². The molecule has 10 heteroatoms. The highest BCUT2D eigenvalue weighted by Gasteiger charge is 2.35. The van der Waals surface area contributed by atoms with Crippen molar-refractivity contribution in [1.29, 1.82) is 0 Å². The van der Waals surface area contributed by atoms with Gasteiger partial charge < -0.3 is 9.64 Å². The molecule has 1 aliphatic rings. The van der Waals surface area contributed by atoms with Crippen LogP contribution in [0.15, 0.2) is 77.5 Å². The predicted molar refractivity (Wildman–Crippen MR) is 135 cm³/mol. The molecule has 1 amide bonds. The van der Waals surface area contributed by atoms with E-state index in [2.05, 4.69) is 6.58 Å². The van der Waals surface area contributed by atoms with Gasteiger partial charge in [0, 0.05) is 23.0 Å². The van der Waals surface area contributed by atoms with E-state index in [1.807, 2.05) is 11.4 Å². The van der Waals surface area contributed by atoms with Gasteiger partial charge in [0.25, 0.3) is 0 Å². The number of hydrogen-bond donors (Lipinski definition) is 0. The van der Waals surface area contributed by atoms with Crippen LogP contribution in [0.4, 0.5) is 4.39 Å². The summed E-state index contributed by atoms with van der Waals surface area (Å²) in [6.07, 6.45) is 2.13. The Balaban J connectivity index is 1.55. The number of carbonyl (C=O) groups excluding carboxylic acids is 1. The lowest BCUT2D eigenvalue weighted by molar-refractivity contribution is -0.135. The summed E-state index contributed by atoms with van der Waals surface area (Å²) in [5.74, 6) is -0.218. The molecule has 0 spiro atoms. The third-order valence-electron chi connectivity index (χ3n) is 5.73. The van der Waals surface area contributed by atoms with Crippen molar-refractivity contribution < 1.29 is 22.3 Å². The number of benzene rings is 2. The van der Waals surface area contributed by atoms with E-state index < -0.39 is 16.1 Å².